The van der Waals surface area contributed by atoms with E-state index in [1.54, 1.807) is 48.5 Å². The van der Waals surface area contributed by atoms with Gasteiger partial charge < -0.3 is 15.4 Å². The van der Waals surface area contributed by atoms with E-state index in [2.05, 4.69) is 15.7 Å². The summed E-state index contributed by atoms with van der Waals surface area (Å²) in [5.74, 6) is 0.209. The number of hydrogen-bond donors (Lipinski definition) is 2. The lowest BCUT2D eigenvalue weighted by atomic mass is 10.1. The largest absolute Gasteiger partial charge is 0.453 e. The summed E-state index contributed by atoms with van der Waals surface area (Å²) in [6.07, 6.45) is 1.50. The van der Waals surface area contributed by atoms with Gasteiger partial charge in [0.2, 0.25) is 0 Å². The van der Waals surface area contributed by atoms with Crippen molar-refractivity contribution >= 4 is 17.3 Å². The molecule has 0 aliphatic rings. The summed E-state index contributed by atoms with van der Waals surface area (Å²) in [6, 6.07) is 27.5. The van der Waals surface area contributed by atoms with Gasteiger partial charge in [0, 0.05) is 17.8 Å². The van der Waals surface area contributed by atoms with E-state index >= 15 is 0 Å². The maximum atomic E-state index is 13.7. The Hall–Kier alpha value is -5.24. The van der Waals surface area contributed by atoms with E-state index in [-0.39, 0.29) is 29.7 Å². The molecule has 0 fully saturated rings. The molecular weight excluding hydrogens is 507 g/mol. The molecule has 0 bridgehead atoms. The van der Waals surface area contributed by atoms with Gasteiger partial charge in [-0.15, -0.1) is 0 Å². The molecule has 5 aromatic rings. The van der Waals surface area contributed by atoms with E-state index < -0.39 is 5.56 Å². The predicted octanol–water partition coefficient (Wildman–Crippen LogP) is 6.45. The van der Waals surface area contributed by atoms with Crippen LogP contribution in [0.5, 0.6) is 11.5 Å². The molecule has 1 heterocycles. The topological polar surface area (TPSA) is 85.2 Å². The van der Waals surface area contributed by atoms with Gasteiger partial charge in [0.05, 0.1) is 11.9 Å². The Labute approximate surface area is 230 Å². The molecule has 8 heteroatoms. The highest BCUT2D eigenvalue weighted by Crippen LogP contribution is 2.32. The van der Waals surface area contributed by atoms with Crippen LogP contribution >= 0.6 is 0 Å². The van der Waals surface area contributed by atoms with Crippen molar-refractivity contribution in [3.05, 3.63) is 142 Å². The zero-order chi connectivity index (χ0) is 28.1. The average molecular weight is 535 g/mol. The van der Waals surface area contributed by atoms with Gasteiger partial charge in [-0.05, 0) is 79.1 Å². The first kappa shape index (κ1) is 26.4. The minimum absolute atomic E-state index is 0.170. The second-order valence-corrected chi connectivity index (χ2v) is 9.25. The maximum Gasteiger partial charge on any atom is 0.299 e. The molecule has 0 aliphatic heterocycles. The SMILES string of the molecule is Cc1cccc(Oc2cnn(-c3ccccc3)c(=O)c2Nc2cccc(C(=O)NCc3ccc(F)cc3)c2)c1C. The number of anilines is 2. The molecule has 200 valence electrons. The van der Waals surface area contributed by atoms with Crippen LogP contribution in [0.3, 0.4) is 0 Å². The number of nitrogens with one attached hydrogen (secondary N) is 2. The van der Waals surface area contributed by atoms with Gasteiger partial charge >= 0.3 is 0 Å². The molecule has 4 aromatic carbocycles. The zero-order valence-electron chi connectivity index (χ0n) is 22.0. The highest BCUT2D eigenvalue weighted by atomic mass is 19.1. The number of rotatable bonds is 8. The van der Waals surface area contributed by atoms with Crippen LogP contribution in [-0.2, 0) is 6.54 Å². The van der Waals surface area contributed by atoms with Crippen LogP contribution in [0.4, 0.5) is 15.8 Å². The number of para-hydroxylation sites is 1. The molecule has 0 aliphatic carbocycles. The van der Waals surface area contributed by atoms with Crippen LogP contribution in [0, 0.1) is 19.7 Å². The molecule has 5 rings (SSSR count). The van der Waals surface area contributed by atoms with Crippen LogP contribution in [0.15, 0.2) is 108 Å². The van der Waals surface area contributed by atoms with E-state index in [9.17, 15) is 14.0 Å². The second-order valence-electron chi connectivity index (χ2n) is 9.25. The number of aryl methyl sites for hydroxylation is 1. The van der Waals surface area contributed by atoms with Crippen molar-refractivity contribution in [2.75, 3.05) is 5.32 Å². The van der Waals surface area contributed by atoms with Gasteiger partial charge in [-0.2, -0.15) is 9.78 Å². The summed E-state index contributed by atoms with van der Waals surface area (Å²) in [5, 5.41) is 10.3. The summed E-state index contributed by atoms with van der Waals surface area (Å²) in [7, 11) is 0. The second kappa shape index (κ2) is 11.7. The van der Waals surface area contributed by atoms with Crippen molar-refractivity contribution in [2.45, 2.75) is 20.4 Å². The molecule has 0 saturated heterocycles. The first-order valence-electron chi connectivity index (χ1n) is 12.7. The molecule has 2 N–H and O–H groups in total. The molecule has 0 spiro atoms. The molecule has 0 saturated carbocycles. The first-order valence-corrected chi connectivity index (χ1v) is 12.7. The molecule has 0 radical (unpaired) electrons. The van der Waals surface area contributed by atoms with E-state index in [1.165, 1.54) is 23.0 Å². The lowest BCUT2D eigenvalue weighted by Crippen LogP contribution is -2.24. The Bertz CT molecular complexity index is 1720. The highest BCUT2D eigenvalue weighted by Gasteiger charge is 2.17. The monoisotopic (exact) mass is 534 g/mol. The minimum Gasteiger partial charge on any atom is -0.453 e. The summed E-state index contributed by atoms with van der Waals surface area (Å²) < 4.78 is 20.7. The third-order valence-electron chi connectivity index (χ3n) is 6.48. The Balaban J connectivity index is 1.46. The Kier molecular flexibility index (Phi) is 7.68. The molecule has 0 unspecified atom stereocenters. The van der Waals surface area contributed by atoms with Crippen molar-refractivity contribution in [2.24, 2.45) is 0 Å². The highest BCUT2D eigenvalue weighted by molar-refractivity contribution is 5.95. The van der Waals surface area contributed by atoms with E-state index in [0.717, 1.165) is 16.7 Å². The number of aromatic nitrogens is 2. The van der Waals surface area contributed by atoms with Crippen molar-refractivity contribution in [3.63, 3.8) is 0 Å². The van der Waals surface area contributed by atoms with Crippen LogP contribution in [0.1, 0.15) is 27.0 Å². The molecular formula is C32H27FN4O3. The van der Waals surface area contributed by atoms with Crippen molar-refractivity contribution < 1.29 is 13.9 Å². The van der Waals surface area contributed by atoms with Gasteiger partial charge in [-0.3, -0.25) is 9.59 Å². The van der Waals surface area contributed by atoms with Gasteiger partial charge in [0.1, 0.15) is 11.6 Å². The minimum atomic E-state index is -0.417. The lowest BCUT2D eigenvalue weighted by molar-refractivity contribution is 0.0951. The number of hydrogen-bond acceptors (Lipinski definition) is 5. The molecule has 7 nitrogen and oxygen atoms in total. The Morgan fingerprint density at radius 1 is 0.900 bits per heavy atom. The zero-order valence-corrected chi connectivity index (χ0v) is 22.0. The van der Waals surface area contributed by atoms with Crippen LogP contribution in [-0.4, -0.2) is 15.7 Å². The van der Waals surface area contributed by atoms with Crippen molar-refractivity contribution in [3.8, 4) is 17.2 Å². The number of ether oxygens (including phenoxy) is 1. The van der Waals surface area contributed by atoms with Crippen molar-refractivity contribution in [1.29, 1.82) is 0 Å². The summed E-state index contributed by atoms with van der Waals surface area (Å²) in [5.41, 5.74) is 4.03. The maximum absolute atomic E-state index is 13.7. The molecule has 1 aromatic heterocycles. The van der Waals surface area contributed by atoms with Gasteiger partial charge in [-0.1, -0.05) is 48.5 Å². The summed E-state index contributed by atoms with van der Waals surface area (Å²) >= 11 is 0. The third-order valence-corrected chi connectivity index (χ3v) is 6.48. The van der Waals surface area contributed by atoms with E-state index in [1.807, 2.05) is 50.2 Å². The molecule has 0 atom stereocenters. The van der Waals surface area contributed by atoms with Crippen molar-refractivity contribution in [1.82, 2.24) is 15.1 Å². The Morgan fingerprint density at radius 3 is 2.42 bits per heavy atom. The number of carbonyl (C=O) groups is 1. The number of amides is 1. The fourth-order valence-corrected chi connectivity index (χ4v) is 4.11. The molecule has 1 amide bonds. The summed E-state index contributed by atoms with van der Waals surface area (Å²) in [4.78, 5) is 26.6. The lowest BCUT2D eigenvalue weighted by Gasteiger charge is -2.16. The normalized spacial score (nSPS) is 10.7. The smallest absolute Gasteiger partial charge is 0.299 e. The van der Waals surface area contributed by atoms with Crippen LogP contribution in [0.2, 0.25) is 0 Å². The van der Waals surface area contributed by atoms with E-state index in [0.29, 0.717) is 22.7 Å². The number of benzene rings is 4. The fraction of sp³-hybridized carbons (Fsp3) is 0.0938. The number of nitrogens with zero attached hydrogens (tertiary/aromatic N) is 2. The van der Waals surface area contributed by atoms with Gasteiger partial charge in [-0.25, -0.2) is 4.39 Å². The third kappa shape index (κ3) is 5.91. The van der Waals surface area contributed by atoms with Gasteiger partial charge in [0.25, 0.3) is 11.5 Å². The average Bonchev–Trinajstić information content (AvgIpc) is 2.97. The van der Waals surface area contributed by atoms with E-state index in [4.69, 9.17) is 4.74 Å². The standard InChI is InChI=1S/C32H27FN4O3/c1-21-8-6-13-28(22(21)2)40-29-20-35-37(27-11-4-3-5-12-27)32(39)30(29)36-26-10-7-9-24(18-26)31(38)34-19-23-14-16-25(33)17-15-23/h3-18,20,36H,19H2,1-2H3,(H,34,38). The predicted molar refractivity (Wildman–Crippen MR) is 153 cm³/mol. The first-order chi connectivity index (χ1) is 19.4. The quantitative estimate of drug-likeness (QED) is 0.239. The molecule has 40 heavy (non-hydrogen) atoms. The number of halogens is 1. The fourth-order valence-electron chi connectivity index (χ4n) is 4.11. The number of carbonyl (C=O) groups excluding carboxylic acids is 1. The Morgan fingerprint density at radius 2 is 1.65 bits per heavy atom. The summed E-state index contributed by atoms with van der Waals surface area (Å²) in [6.45, 7) is 4.18. The van der Waals surface area contributed by atoms with Crippen LogP contribution in [0.25, 0.3) is 5.69 Å². The van der Waals surface area contributed by atoms with Gasteiger partial charge in [0.15, 0.2) is 11.4 Å². The van der Waals surface area contributed by atoms with Crippen LogP contribution < -0.4 is 20.9 Å².